The molecule has 29 heavy (non-hydrogen) atoms. The highest BCUT2D eigenvalue weighted by Crippen LogP contribution is 2.55. The van der Waals surface area contributed by atoms with Gasteiger partial charge in [0.2, 0.25) is 11.8 Å². The van der Waals surface area contributed by atoms with E-state index in [1.807, 2.05) is 11.0 Å². The maximum Gasteiger partial charge on any atom is 0.322 e. The number of benzene rings is 1. The number of hydrogen-bond donors (Lipinski definition) is 1. The van der Waals surface area contributed by atoms with Crippen molar-refractivity contribution in [2.45, 2.75) is 57.0 Å². The third-order valence-electron chi connectivity index (χ3n) is 6.51. The number of anilines is 1. The monoisotopic (exact) mass is 411 g/mol. The van der Waals surface area contributed by atoms with E-state index in [1.165, 1.54) is 0 Å². The van der Waals surface area contributed by atoms with Gasteiger partial charge >= 0.3 is 6.03 Å². The van der Waals surface area contributed by atoms with E-state index in [4.69, 9.17) is 21.3 Å². The number of carbonyl (C=O) groups is 1. The lowest BCUT2D eigenvalue weighted by atomic mass is 9.64. The number of likely N-dealkylation sites (tertiary alicyclic amines) is 1. The zero-order chi connectivity index (χ0) is 20.3. The van der Waals surface area contributed by atoms with Crippen molar-refractivity contribution in [2.24, 2.45) is 11.8 Å². The molecule has 1 aromatic heterocycles. The van der Waals surface area contributed by atoms with Crippen molar-refractivity contribution in [3.05, 3.63) is 40.6 Å². The van der Waals surface area contributed by atoms with Gasteiger partial charge < -0.3 is 14.6 Å². The third kappa shape index (κ3) is 2.89. The molecule has 2 amide bonds. The second-order valence-corrected chi connectivity index (χ2v) is 9.08. The molecule has 3 unspecified atom stereocenters. The molecule has 3 fully saturated rings. The van der Waals surface area contributed by atoms with Crippen LogP contribution >= 0.6 is 11.6 Å². The zero-order valence-corrected chi connectivity index (χ0v) is 17.1. The van der Waals surface area contributed by atoms with Gasteiger partial charge in [-0.3, -0.25) is 0 Å². The average molecular weight is 412 g/mol. The highest BCUT2D eigenvalue weighted by molar-refractivity contribution is 6.31. The van der Waals surface area contributed by atoms with Crippen molar-refractivity contribution in [3.63, 3.8) is 0 Å². The first kappa shape index (κ1) is 18.4. The third-order valence-corrected chi connectivity index (χ3v) is 6.85. The SMILES string of the molecule is Cc1nnc(C23CC(C)CC(C2)N3C(=O)Nc2ccc(Cl)c([C@@H]3C[C@@H]3C#N)c2)o1. The second kappa shape index (κ2) is 6.46. The van der Waals surface area contributed by atoms with Gasteiger partial charge in [-0.25, -0.2) is 4.79 Å². The van der Waals surface area contributed by atoms with E-state index in [1.54, 1.807) is 19.1 Å². The van der Waals surface area contributed by atoms with Crippen LogP contribution in [0.4, 0.5) is 10.5 Å². The van der Waals surface area contributed by atoms with E-state index in [0.717, 1.165) is 31.2 Å². The van der Waals surface area contributed by atoms with Crippen molar-refractivity contribution in [1.29, 1.82) is 5.26 Å². The smallest absolute Gasteiger partial charge is 0.322 e. The van der Waals surface area contributed by atoms with Crippen LogP contribution in [0.1, 0.15) is 55.9 Å². The molecule has 2 aromatic rings. The summed E-state index contributed by atoms with van der Waals surface area (Å²) < 4.78 is 5.75. The second-order valence-electron chi connectivity index (χ2n) is 8.67. The van der Waals surface area contributed by atoms with Crippen LogP contribution < -0.4 is 5.32 Å². The van der Waals surface area contributed by atoms with Gasteiger partial charge in [0.05, 0.1) is 12.0 Å². The van der Waals surface area contributed by atoms with Gasteiger partial charge in [-0.2, -0.15) is 5.26 Å². The van der Waals surface area contributed by atoms with E-state index in [2.05, 4.69) is 28.5 Å². The molecule has 2 saturated carbocycles. The Hall–Kier alpha value is -2.59. The summed E-state index contributed by atoms with van der Waals surface area (Å²) in [5.74, 6) is 1.69. The normalized spacial score (nSPS) is 32.3. The van der Waals surface area contributed by atoms with Gasteiger partial charge in [0.25, 0.3) is 0 Å². The molecule has 7 nitrogen and oxygen atoms in total. The predicted octanol–water partition coefficient (Wildman–Crippen LogP) is 4.59. The van der Waals surface area contributed by atoms with E-state index in [-0.39, 0.29) is 23.9 Å². The number of nitrogens with zero attached hydrogens (tertiary/aromatic N) is 4. The van der Waals surface area contributed by atoms with E-state index >= 15 is 0 Å². The molecular weight excluding hydrogens is 390 g/mol. The van der Waals surface area contributed by atoms with Crippen molar-refractivity contribution in [2.75, 3.05) is 5.32 Å². The Labute approximate surface area is 174 Å². The van der Waals surface area contributed by atoms with Crippen LogP contribution in [0.5, 0.6) is 0 Å². The first-order chi connectivity index (χ1) is 13.9. The van der Waals surface area contributed by atoms with Gasteiger partial charge in [0, 0.05) is 36.0 Å². The van der Waals surface area contributed by atoms with Crippen LogP contribution in [0.25, 0.3) is 0 Å². The molecule has 1 N–H and O–H groups in total. The fraction of sp³-hybridized carbons (Fsp3) is 0.524. The number of urea groups is 1. The first-order valence-electron chi connectivity index (χ1n) is 10.0. The van der Waals surface area contributed by atoms with E-state index in [0.29, 0.717) is 28.4 Å². The number of aromatic nitrogens is 2. The summed E-state index contributed by atoms with van der Waals surface area (Å²) in [6, 6.07) is 7.78. The lowest BCUT2D eigenvalue weighted by Crippen LogP contribution is -2.70. The number of fused-ring (bicyclic) bond motifs is 2. The predicted molar refractivity (Wildman–Crippen MR) is 106 cm³/mol. The highest BCUT2D eigenvalue weighted by atomic mass is 35.5. The van der Waals surface area contributed by atoms with Gasteiger partial charge in [-0.05, 0) is 48.9 Å². The summed E-state index contributed by atoms with van der Waals surface area (Å²) in [5.41, 5.74) is 1.09. The Kier molecular flexibility index (Phi) is 4.11. The first-order valence-corrected chi connectivity index (χ1v) is 10.4. The average Bonchev–Trinajstić information content (AvgIpc) is 3.33. The summed E-state index contributed by atoms with van der Waals surface area (Å²) >= 11 is 6.33. The number of piperidine rings is 1. The number of hydrogen-bond acceptors (Lipinski definition) is 5. The number of rotatable bonds is 3. The summed E-state index contributed by atoms with van der Waals surface area (Å²) in [6.45, 7) is 3.97. The summed E-state index contributed by atoms with van der Waals surface area (Å²) in [6.07, 6.45) is 3.46. The summed E-state index contributed by atoms with van der Waals surface area (Å²) in [7, 11) is 0. The molecule has 1 saturated heterocycles. The number of halogens is 1. The van der Waals surface area contributed by atoms with Crippen molar-refractivity contribution in [3.8, 4) is 6.07 Å². The van der Waals surface area contributed by atoms with Crippen molar-refractivity contribution < 1.29 is 9.21 Å². The number of carbonyl (C=O) groups excluding carboxylic acids is 1. The topological polar surface area (TPSA) is 95.0 Å². The van der Waals surface area contributed by atoms with Crippen LogP contribution in [0.3, 0.4) is 0 Å². The molecule has 2 heterocycles. The number of amides is 2. The van der Waals surface area contributed by atoms with Crippen LogP contribution in [-0.4, -0.2) is 27.2 Å². The quantitative estimate of drug-likeness (QED) is 0.796. The molecule has 2 aliphatic carbocycles. The summed E-state index contributed by atoms with van der Waals surface area (Å²) in [5, 5.41) is 21.0. The molecule has 8 heteroatoms. The molecule has 150 valence electrons. The number of aryl methyl sites for hydroxylation is 1. The van der Waals surface area contributed by atoms with Crippen molar-refractivity contribution >= 4 is 23.3 Å². The number of nitrogens with one attached hydrogen (secondary N) is 1. The highest BCUT2D eigenvalue weighted by Gasteiger charge is 2.62. The Bertz CT molecular complexity index is 1030. The molecule has 2 bridgehead atoms. The van der Waals surface area contributed by atoms with Crippen LogP contribution in [0.15, 0.2) is 22.6 Å². The lowest BCUT2D eigenvalue weighted by molar-refractivity contribution is -0.110. The fourth-order valence-corrected chi connectivity index (χ4v) is 5.46. The van der Waals surface area contributed by atoms with Gasteiger partial charge in [0.15, 0.2) is 0 Å². The van der Waals surface area contributed by atoms with E-state index in [9.17, 15) is 4.79 Å². The largest absolute Gasteiger partial charge is 0.423 e. The molecule has 0 spiro atoms. The standard InChI is InChI=1S/C21H22ClN5O2/c1-11-5-15-9-21(8-11,19-26-25-12(2)29-19)27(15)20(28)24-14-3-4-18(22)17(7-14)16-6-13(16)10-23/h3-4,7,11,13,15-16H,5-6,8-9H2,1-2H3,(H,24,28)/t11?,13-,15?,16-,21?/m1/s1. The van der Waals surface area contributed by atoms with Gasteiger partial charge in [-0.1, -0.05) is 18.5 Å². The van der Waals surface area contributed by atoms with Crippen LogP contribution in [-0.2, 0) is 5.54 Å². The van der Waals surface area contributed by atoms with Gasteiger partial charge in [0.1, 0.15) is 5.54 Å². The minimum atomic E-state index is -0.522. The fourth-order valence-electron chi connectivity index (χ4n) is 5.20. The Morgan fingerprint density at radius 3 is 2.90 bits per heavy atom. The molecule has 5 atom stereocenters. The Morgan fingerprint density at radius 1 is 1.38 bits per heavy atom. The lowest BCUT2D eigenvalue weighted by Gasteiger charge is -2.61. The maximum absolute atomic E-state index is 13.2. The maximum atomic E-state index is 13.2. The Balaban J connectivity index is 1.40. The minimum absolute atomic E-state index is 0.0127. The van der Waals surface area contributed by atoms with E-state index < -0.39 is 5.54 Å². The molecule has 5 rings (SSSR count). The molecule has 1 aromatic carbocycles. The summed E-state index contributed by atoms with van der Waals surface area (Å²) in [4.78, 5) is 15.1. The number of nitriles is 1. The zero-order valence-electron chi connectivity index (χ0n) is 16.4. The molecule has 0 radical (unpaired) electrons. The minimum Gasteiger partial charge on any atom is -0.423 e. The van der Waals surface area contributed by atoms with Gasteiger partial charge in [-0.15, -0.1) is 10.2 Å². The van der Waals surface area contributed by atoms with Crippen molar-refractivity contribution in [1.82, 2.24) is 15.1 Å². The molecule has 3 aliphatic rings. The van der Waals surface area contributed by atoms with Crippen LogP contribution in [0.2, 0.25) is 5.02 Å². The molecule has 1 aliphatic heterocycles. The van der Waals surface area contributed by atoms with Crippen LogP contribution in [0, 0.1) is 30.1 Å². The Morgan fingerprint density at radius 2 is 2.21 bits per heavy atom. The molecular formula is C21H22ClN5O2.